The van der Waals surface area contributed by atoms with Crippen LogP contribution >= 0.6 is 11.6 Å². The van der Waals surface area contributed by atoms with Gasteiger partial charge in [-0.1, -0.05) is 23.7 Å². The highest BCUT2D eigenvalue weighted by Crippen LogP contribution is 2.27. The molecule has 2 aromatic carbocycles. The molecule has 0 aliphatic carbocycles. The van der Waals surface area contributed by atoms with E-state index in [4.69, 9.17) is 16.3 Å². The molecule has 0 radical (unpaired) electrons. The summed E-state index contributed by atoms with van der Waals surface area (Å²) in [5.41, 5.74) is 1.18. The van der Waals surface area contributed by atoms with Gasteiger partial charge in [-0.3, -0.25) is 4.72 Å². The van der Waals surface area contributed by atoms with Crippen molar-refractivity contribution >= 4 is 38.5 Å². The van der Waals surface area contributed by atoms with Crippen LogP contribution in [0.4, 0.5) is 5.82 Å². The Kier molecular flexibility index (Phi) is 4.78. The summed E-state index contributed by atoms with van der Waals surface area (Å²) in [4.78, 5) is 8.80. The molecule has 8 heteroatoms. The second kappa shape index (κ2) is 6.85. The number of para-hydroxylation sites is 2. The topological polar surface area (TPSA) is 81.2 Å². The molecule has 3 aromatic rings. The van der Waals surface area contributed by atoms with Crippen molar-refractivity contribution < 1.29 is 13.2 Å². The van der Waals surface area contributed by atoms with E-state index in [1.165, 1.54) is 24.3 Å². The first-order chi connectivity index (χ1) is 11.8. The second-order valence-electron chi connectivity index (χ2n) is 5.59. The number of sulfonamides is 1. The first-order valence-corrected chi connectivity index (χ1v) is 9.43. The van der Waals surface area contributed by atoms with Gasteiger partial charge in [-0.2, -0.15) is 0 Å². The lowest BCUT2D eigenvalue weighted by Crippen LogP contribution is -2.17. The highest BCUT2D eigenvalue weighted by atomic mass is 35.5. The quantitative estimate of drug-likeness (QED) is 0.729. The van der Waals surface area contributed by atoms with Gasteiger partial charge in [0.2, 0.25) is 5.82 Å². The van der Waals surface area contributed by atoms with Crippen LogP contribution in [0.1, 0.15) is 13.8 Å². The van der Waals surface area contributed by atoms with Crippen molar-refractivity contribution in [3.63, 3.8) is 0 Å². The fourth-order valence-electron chi connectivity index (χ4n) is 2.16. The number of hydrogen-bond donors (Lipinski definition) is 1. The smallest absolute Gasteiger partial charge is 0.263 e. The molecule has 0 aliphatic rings. The largest absolute Gasteiger partial charge is 0.472 e. The fraction of sp³-hybridized carbons (Fsp3) is 0.176. The first-order valence-electron chi connectivity index (χ1n) is 7.57. The molecule has 0 spiro atoms. The van der Waals surface area contributed by atoms with E-state index >= 15 is 0 Å². The molecule has 0 amide bonds. The van der Waals surface area contributed by atoms with Gasteiger partial charge in [0.05, 0.1) is 22.0 Å². The molecule has 6 nitrogen and oxygen atoms in total. The van der Waals surface area contributed by atoms with Gasteiger partial charge in [-0.25, -0.2) is 18.4 Å². The van der Waals surface area contributed by atoms with Gasteiger partial charge in [0, 0.05) is 5.02 Å². The number of ether oxygens (including phenoxy) is 1. The maximum atomic E-state index is 12.6. The van der Waals surface area contributed by atoms with E-state index in [9.17, 15) is 8.42 Å². The van der Waals surface area contributed by atoms with Gasteiger partial charge in [-0.05, 0) is 50.2 Å². The molecule has 130 valence electrons. The number of hydrogen-bond acceptors (Lipinski definition) is 5. The molecule has 3 rings (SSSR count). The first kappa shape index (κ1) is 17.4. The molecule has 25 heavy (non-hydrogen) atoms. The molecule has 1 aromatic heterocycles. The molecule has 0 aliphatic heterocycles. The number of fused-ring (bicyclic) bond motifs is 1. The maximum Gasteiger partial charge on any atom is 0.263 e. The normalized spacial score (nSPS) is 11.7. The van der Waals surface area contributed by atoms with E-state index in [0.29, 0.717) is 16.1 Å². The Bertz CT molecular complexity index is 1010. The third-order valence-corrected chi connectivity index (χ3v) is 4.85. The van der Waals surface area contributed by atoms with Crippen molar-refractivity contribution in [1.29, 1.82) is 0 Å². The Labute approximate surface area is 150 Å². The lowest BCUT2D eigenvalue weighted by molar-refractivity contribution is 0.234. The van der Waals surface area contributed by atoms with Crippen molar-refractivity contribution in [2.45, 2.75) is 24.8 Å². The van der Waals surface area contributed by atoms with E-state index < -0.39 is 10.0 Å². The van der Waals surface area contributed by atoms with Crippen LogP contribution in [0.5, 0.6) is 5.88 Å². The lowest BCUT2D eigenvalue weighted by Gasteiger charge is -2.15. The third-order valence-electron chi connectivity index (χ3n) is 3.24. The molecule has 1 heterocycles. The van der Waals surface area contributed by atoms with Crippen LogP contribution in [0.25, 0.3) is 11.0 Å². The second-order valence-corrected chi connectivity index (χ2v) is 7.71. The van der Waals surface area contributed by atoms with Crippen LogP contribution in [0, 0.1) is 0 Å². The zero-order chi connectivity index (χ0) is 18.0. The summed E-state index contributed by atoms with van der Waals surface area (Å²) in [5.74, 6) is 0.175. The Balaban J connectivity index is 2.05. The molecule has 0 saturated heterocycles. The number of aromatic nitrogens is 2. The molecule has 0 fully saturated rings. The van der Waals surface area contributed by atoms with Gasteiger partial charge >= 0.3 is 0 Å². The van der Waals surface area contributed by atoms with Crippen molar-refractivity contribution in [1.82, 2.24) is 9.97 Å². The SMILES string of the molecule is CC(C)Oc1nc2ccccc2nc1NS(=O)(=O)c1ccc(Cl)cc1. The molecule has 1 N–H and O–H groups in total. The number of nitrogens with zero attached hydrogens (tertiary/aromatic N) is 2. The molecular formula is C17H16ClN3O3S. The van der Waals surface area contributed by atoms with Crippen molar-refractivity contribution in [2.24, 2.45) is 0 Å². The van der Waals surface area contributed by atoms with Gasteiger partial charge in [0.1, 0.15) is 0 Å². The summed E-state index contributed by atoms with van der Waals surface area (Å²) in [6, 6.07) is 13.0. The van der Waals surface area contributed by atoms with Crippen molar-refractivity contribution in [3.05, 3.63) is 53.6 Å². The summed E-state index contributed by atoms with van der Waals surface area (Å²) in [5, 5.41) is 0.452. The predicted octanol–water partition coefficient (Wildman–Crippen LogP) is 3.87. The summed E-state index contributed by atoms with van der Waals surface area (Å²) < 4.78 is 33.3. The molecule has 0 saturated carbocycles. The van der Waals surface area contributed by atoms with Crippen LogP contribution in [0.3, 0.4) is 0 Å². The standard InChI is InChI=1S/C17H16ClN3O3S/c1-11(2)24-17-16(19-14-5-3-4-6-15(14)20-17)21-25(22,23)13-9-7-12(18)8-10-13/h3-11H,1-2H3,(H,19,21). The average molecular weight is 378 g/mol. The van der Waals surface area contributed by atoms with Crippen molar-refractivity contribution in [3.8, 4) is 5.88 Å². The number of nitrogens with one attached hydrogen (secondary N) is 1. The van der Waals surface area contributed by atoms with Crippen LogP contribution in [-0.4, -0.2) is 24.5 Å². The number of benzene rings is 2. The zero-order valence-corrected chi connectivity index (χ0v) is 15.2. The zero-order valence-electron chi connectivity index (χ0n) is 13.6. The maximum absolute atomic E-state index is 12.6. The van der Waals surface area contributed by atoms with Gasteiger partial charge in [0.15, 0.2) is 0 Å². The van der Waals surface area contributed by atoms with E-state index in [0.717, 1.165) is 0 Å². The summed E-state index contributed by atoms with van der Waals surface area (Å²) in [6.45, 7) is 3.66. The predicted molar refractivity (Wildman–Crippen MR) is 97.6 cm³/mol. The average Bonchev–Trinajstić information content (AvgIpc) is 2.55. The summed E-state index contributed by atoms with van der Waals surface area (Å²) in [7, 11) is -3.85. The van der Waals surface area contributed by atoms with Gasteiger partial charge in [0.25, 0.3) is 15.9 Å². The van der Waals surface area contributed by atoms with E-state index in [2.05, 4.69) is 14.7 Å². The number of halogens is 1. The fourth-order valence-corrected chi connectivity index (χ4v) is 3.28. The van der Waals surface area contributed by atoms with Crippen LogP contribution < -0.4 is 9.46 Å². The van der Waals surface area contributed by atoms with E-state index in [-0.39, 0.29) is 22.7 Å². The lowest BCUT2D eigenvalue weighted by atomic mass is 10.3. The van der Waals surface area contributed by atoms with Crippen LogP contribution in [-0.2, 0) is 10.0 Å². The summed E-state index contributed by atoms with van der Waals surface area (Å²) >= 11 is 5.81. The Morgan fingerprint density at radius 2 is 1.60 bits per heavy atom. The minimum absolute atomic E-state index is 0.0438. The number of rotatable bonds is 5. The van der Waals surface area contributed by atoms with Gasteiger partial charge in [-0.15, -0.1) is 0 Å². The molecule has 0 bridgehead atoms. The van der Waals surface area contributed by atoms with Crippen LogP contribution in [0.2, 0.25) is 5.02 Å². The highest BCUT2D eigenvalue weighted by Gasteiger charge is 2.20. The molecular weight excluding hydrogens is 362 g/mol. The van der Waals surface area contributed by atoms with Gasteiger partial charge < -0.3 is 4.74 Å². The van der Waals surface area contributed by atoms with E-state index in [1.54, 1.807) is 18.2 Å². The Morgan fingerprint density at radius 1 is 1.00 bits per heavy atom. The minimum Gasteiger partial charge on any atom is -0.472 e. The molecule has 0 unspecified atom stereocenters. The van der Waals surface area contributed by atoms with Crippen LogP contribution in [0.15, 0.2) is 53.4 Å². The highest BCUT2D eigenvalue weighted by molar-refractivity contribution is 7.92. The van der Waals surface area contributed by atoms with E-state index in [1.807, 2.05) is 19.9 Å². The third kappa shape index (κ3) is 4.00. The minimum atomic E-state index is -3.85. The number of anilines is 1. The van der Waals surface area contributed by atoms with Crippen molar-refractivity contribution in [2.75, 3.05) is 4.72 Å². The Hall–Kier alpha value is -2.38. The Morgan fingerprint density at radius 3 is 2.20 bits per heavy atom. The summed E-state index contributed by atoms with van der Waals surface area (Å²) in [6.07, 6.45) is -0.186. The molecule has 0 atom stereocenters. The monoisotopic (exact) mass is 377 g/mol.